The molecule has 0 saturated carbocycles. The second-order valence-corrected chi connectivity index (χ2v) is 9.34. The third kappa shape index (κ3) is 11.0. The molecular formula is C16H34NO3PS. The fourth-order valence-corrected chi connectivity index (χ4v) is 2.63. The van der Waals surface area contributed by atoms with E-state index in [2.05, 4.69) is 54.2 Å². The highest BCUT2D eigenvalue weighted by Gasteiger charge is 2.24. The number of hydroxylamine groups is 2. The van der Waals surface area contributed by atoms with E-state index in [0.29, 0.717) is 19.8 Å². The number of hydrogen-bond acceptors (Lipinski definition) is 5. The molecule has 0 rings (SSSR count). The van der Waals surface area contributed by atoms with E-state index in [1.807, 2.05) is 0 Å². The Bertz CT molecular complexity index is 292. The van der Waals surface area contributed by atoms with Crippen molar-refractivity contribution in [2.24, 2.45) is 10.8 Å². The first-order valence-corrected chi connectivity index (χ1v) is 9.59. The molecule has 22 heavy (non-hydrogen) atoms. The molecule has 1 atom stereocenters. The zero-order valence-electron chi connectivity index (χ0n) is 15.1. The summed E-state index contributed by atoms with van der Waals surface area (Å²) >= 11 is 4.26. The lowest BCUT2D eigenvalue weighted by Crippen LogP contribution is -2.36. The summed E-state index contributed by atoms with van der Waals surface area (Å²) < 4.78 is 10.9. The van der Waals surface area contributed by atoms with E-state index in [9.17, 15) is 4.57 Å². The number of rotatable bonds is 13. The molecule has 0 aliphatic carbocycles. The Morgan fingerprint density at radius 2 is 1.41 bits per heavy atom. The van der Waals surface area contributed by atoms with Crippen LogP contribution in [0.1, 0.15) is 67.2 Å². The van der Waals surface area contributed by atoms with Gasteiger partial charge in [-0.15, -0.1) is 0 Å². The molecule has 0 amide bonds. The molecule has 0 N–H and O–H groups in total. The van der Waals surface area contributed by atoms with Crippen molar-refractivity contribution in [1.29, 1.82) is 0 Å². The average molecular weight is 351 g/mol. The van der Waals surface area contributed by atoms with Crippen LogP contribution in [0.25, 0.3) is 0 Å². The van der Waals surface area contributed by atoms with Crippen molar-refractivity contribution in [1.82, 2.24) is 5.23 Å². The third-order valence-corrected chi connectivity index (χ3v) is 4.34. The summed E-state index contributed by atoms with van der Waals surface area (Å²) in [5, 5.41) is 1.47. The van der Waals surface area contributed by atoms with Crippen LogP contribution in [0.15, 0.2) is 0 Å². The summed E-state index contributed by atoms with van der Waals surface area (Å²) in [6.45, 7) is 14.6. The van der Waals surface area contributed by atoms with Gasteiger partial charge in [0.2, 0.25) is 0 Å². The first-order valence-electron chi connectivity index (χ1n) is 8.19. The van der Waals surface area contributed by atoms with E-state index in [-0.39, 0.29) is 24.3 Å². The lowest BCUT2D eigenvalue weighted by molar-refractivity contribution is -0.380. The highest BCUT2D eigenvalue weighted by molar-refractivity contribution is 7.86. The van der Waals surface area contributed by atoms with Gasteiger partial charge in [0, 0.05) is 0 Å². The Morgan fingerprint density at radius 3 is 1.73 bits per heavy atom. The Labute approximate surface area is 143 Å². The molecular weight excluding hydrogens is 317 g/mol. The van der Waals surface area contributed by atoms with E-state index in [0.717, 1.165) is 25.7 Å². The summed E-state index contributed by atoms with van der Waals surface area (Å²) in [5.41, 5.74) is 0.188. The van der Waals surface area contributed by atoms with Crippen LogP contribution in [0.5, 0.6) is 0 Å². The summed E-state index contributed by atoms with van der Waals surface area (Å²) in [4.78, 5) is 11.3. The second-order valence-electron chi connectivity index (χ2n) is 7.48. The van der Waals surface area contributed by atoms with Gasteiger partial charge in [0.25, 0.3) is 0 Å². The van der Waals surface area contributed by atoms with E-state index < -0.39 is 0 Å². The summed E-state index contributed by atoms with van der Waals surface area (Å²) in [7, 11) is -0.0137. The lowest BCUT2D eigenvalue weighted by atomic mass is 9.89. The Balaban J connectivity index is 4.52. The van der Waals surface area contributed by atoms with Crippen LogP contribution in [0.2, 0.25) is 0 Å². The van der Waals surface area contributed by atoms with Crippen molar-refractivity contribution in [3.8, 4) is 0 Å². The van der Waals surface area contributed by atoms with Crippen molar-refractivity contribution < 1.29 is 14.2 Å². The minimum Gasteiger partial charge on any atom is -0.274 e. The van der Waals surface area contributed by atoms with Gasteiger partial charge in [-0.2, -0.15) is 12.6 Å². The molecule has 6 heteroatoms. The molecule has 0 heterocycles. The molecule has 0 aromatic rings. The summed E-state index contributed by atoms with van der Waals surface area (Å²) in [5.74, 6) is 0. The minimum atomic E-state index is -0.316. The monoisotopic (exact) mass is 351 g/mol. The lowest BCUT2D eigenvalue weighted by Gasteiger charge is -2.31. The van der Waals surface area contributed by atoms with Crippen molar-refractivity contribution >= 4 is 21.1 Å². The van der Waals surface area contributed by atoms with Gasteiger partial charge >= 0.3 is 0 Å². The van der Waals surface area contributed by atoms with Crippen LogP contribution in [-0.2, 0) is 14.2 Å². The maximum Gasteiger partial charge on any atom is 0.170 e. The predicted octanol–water partition coefficient (Wildman–Crippen LogP) is 5.35. The van der Waals surface area contributed by atoms with Gasteiger partial charge in [-0.3, -0.25) is 14.2 Å². The molecule has 0 radical (unpaired) electrons. The number of thiol groups is 1. The number of nitrogens with zero attached hydrogens (tertiary/aromatic N) is 1. The molecule has 0 bridgehead atoms. The molecule has 0 fully saturated rings. The summed E-state index contributed by atoms with van der Waals surface area (Å²) in [6.07, 6.45) is 4.42. The third-order valence-electron chi connectivity index (χ3n) is 3.49. The number of hydrogen-bond donors (Lipinski definition) is 1. The van der Waals surface area contributed by atoms with Crippen LogP contribution < -0.4 is 0 Å². The molecule has 0 aromatic heterocycles. The summed E-state index contributed by atoms with van der Waals surface area (Å²) in [6, 6.07) is 0. The largest absolute Gasteiger partial charge is 0.274 e. The molecule has 0 aliphatic heterocycles. The van der Waals surface area contributed by atoms with Gasteiger partial charge in [0.1, 0.15) is 0 Å². The quantitative estimate of drug-likeness (QED) is 0.276. The zero-order valence-corrected chi connectivity index (χ0v) is 16.9. The molecule has 1 unspecified atom stereocenters. The van der Waals surface area contributed by atoms with Crippen molar-refractivity contribution in [2.75, 3.05) is 19.8 Å². The second kappa shape index (κ2) is 11.0. The fourth-order valence-electron chi connectivity index (χ4n) is 2.30. The van der Waals surface area contributed by atoms with Gasteiger partial charge in [0.15, 0.2) is 8.46 Å². The maximum atomic E-state index is 10.9. The SMILES string of the molecule is CCCC(C)(C)CON(CC(S)P=O)OCC(C)(C)CCC. The van der Waals surface area contributed by atoms with Crippen molar-refractivity contribution in [3.63, 3.8) is 0 Å². The van der Waals surface area contributed by atoms with Gasteiger partial charge in [-0.05, 0) is 23.7 Å². The smallest absolute Gasteiger partial charge is 0.170 e. The maximum absolute atomic E-state index is 10.9. The van der Waals surface area contributed by atoms with Crippen LogP contribution in [0.3, 0.4) is 0 Å². The normalized spacial score (nSPS) is 14.7. The predicted molar refractivity (Wildman–Crippen MR) is 96.4 cm³/mol. The molecule has 0 saturated heterocycles. The van der Waals surface area contributed by atoms with Gasteiger partial charge in [-0.25, -0.2) is 0 Å². The van der Waals surface area contributed by atoms with Gasteiger partial charge < -0.3 is 0 Å². The molecule has 4 nitrogen and oxygen atoms in total. The van der Waals surface area contributed by atoms with E-state index in [1.54, 1.807) is 0 Å². The highest BCUT2D eigenvalue weighted by atomic mass is 32.1. The minimum absolute atomic E-state index is 0.0137. The van der Waals surface area contributed by atoms with E-state index >= 15 is 0 Å². The Morgan fingerprint density at radius 1 is 1.00 bits per heavy atom. The fraction of sp³-hybridized carbons (Fsp3) is 1.00. The molecule has 0 aliphatic rings. The van der Waals surface area contributed by atoms with E-state index in [4.69, 9.17) is 9.68 Å². The first-order chi connectivity index (χ1) is 10.2. The van der Waals surface area contributed by atoms with Crippen molar-refractivity contribution in [3.05, 3.63) is 0 Å². The Hall–Kier alpha value is 0.330. The van der Waals surface area contributed by atoms with Crippen molar-refractivity contribution in [2.45, 2.75) is 72.2 Å². The van der Waals surface area contributed by atoms with Gasteiger partial charge in [0.05, 0.1) is 24.7 Å². The molecule has 0 aromatic carbocycles. The average Bonchev–Trinajstić information content (AvgIpc) is 2.41. The standard InChI is InChI=1S/C16H34NO3PS/c1-7-9-15(3,4)12-19-17(11-14(22)21-18)20-13-16(5,6)10-8-2/h14,22H,7-13H2,1-6H3. The zero-order chi connectivity index (χ0) is 17.2. The van der Waals surface area contributed by atoms with Crippen LogP contribution in [0, 0.1) is 10.8 Å². The van der Waals surface area contributed by atoms with Crippen LogP contribution in [0.4, 0.5) is 0 Å². The van der Waals surface area contributed by atoms with Crippen LogP contribution in [-0.4, -0.2) is 30.0 Å². The van der Waals surface area contributed by atoms with Crippen LogP contribution >= 0.6 is 21.1 Å². The Kier molecular flexibility index (Phi) is 11.1. The first kappa shape index (κ1) is 22.3. The van der Waals surface area contributed by atoms with E-state index in [1.165, 1.54) is 5.23 Å². The van der Waals surface area contributed by atoms with Gasteiger partial charge in [-0.1, -0.05) is 59.6 Å². The molecule has 132 valence electrons. The molecule has 0 spiro atoms. The highest BCUT2D eigenvalue weighted by Crippen LogP contribution is 2.26. The topological polar surface area (TPSA) is 38.8 Å².